The molecule has 1 atom stereocenters. The number of hydrogen-bond donors (Lipinski definition) is 0. The Morgan fingerprint density at radius 3 is 2.26 bits per heavy atom. The fraction of sp³-hybridized carbons (Fsp3) is 0.235. The first-order valence-corrected chi connectivity index (χ1v) is 9.88. The average molecular weight is 393 g/mol. The average Bonchev–Trinajstić information content (AvgIpc) is 2.94. The molecule has 0 fully saturated rings. The maximum absolute atomic E-state index is 12.1. The van der Waals surface area contributed by atoms with Crippen molar-refractivity contribution in [3.05, 3.63) is 69.7 Å². The van der Waals surface area contributed by atoms with Gasteiger partial charge in [0.25, 0.3) is 0 Å². The standard InChI is InChI=1S/C17H17BrN2O2S/c1-12-3-5-14(6-4-12)17-11-16(19-20(17)23(2,21)22)13-7-9-15(18)10-8-13/h3-10,17H,11H2,1-2H3/t17-/m1/s1. The van der Waals surface area contributed by atoms with E-state index in [1.165, 1.54) is 10.7 Å². The first kappa shape index (κ1) is 16.2. The van der Waals surface area contributed by atoms with Gasteiger partial charge in [-0.05, 0) is 30.2 Å². The molecule has 0 spiro atoms. The molecule has 0 aromatic heterocycles. The predicted molar refractivity (Wildman–Crippen MR) is 95.9 cm³/mol. The highest BCUT2D eigenvalue weighted by atomic mass is 79.9. The van der Waals surface area contributed by atoms with Gasteiger partial charge in [-0.15, -0.1) is 0 Å². The summed E-state index contributed by atoms with van der Waals surface area (Å²) in [6.07, 6.45) is 1.76. The maximum atomic E-state index is 12.1. The normalized spacial score (nSPS) is 18.1. The second-order valence-corrected chi connectivity index (χ2v) is 8.48. The van der Waals surface area contributed by atoms with E-state index in [4.69, 9.17) is 0 Å². The molecule has 0 radical (unpaired) electrons. The topological polar surface area (TPSA) is 49.7 Å². The minimum absolute atomic E-state index is 0.288. The van der Waals surface area contributed by atoms with Gasteiger partial charge in [-0.1, -0.05) is 57.9 Å². The molecule has 0 aliphatic carbocycles. The van der Waals surface area contributed by atoms with Crippen molar-refractivity contribution in [3.63, 3.8) is 0 Å². The predicted octanol–water partition coefficient (Wildman–Crippen LogP) is 3.87. The zero-order valence-electron chi connectivity index (χ0n) is 12.9. The zero-order chi connectivity index (χ0) is 16.6. The summed E-state index contributed by atoms with van der Waals surface area (Å²) in [6, 6.07) is 15.4. The van der Waals surface area contributed by atoms with Gasteiger partial charge in [-0.25, -0.2) is 8.42 Å². The van der Waals surface area contributed by atoms with Crippen molar-refractivity contribution in [2.75, 3.05) is 6.26 Å². The van der Waals surface area contributed by atoms with Gasteiger partial charge in [-0.3, -0.25) is 0 Å². The third-order valence-electron chi connectivity index (χ3n) is 3.85. The SMILES string of the molecule is Cc1ccc([C@H]2CC(c3ccc(Br)cc3)=NN2S(C)(=O)=O)cc1. The van der Waals surface area contributed by atoms with Gasteiger partial charge < -0.3 is 0 Å². The second-order valence-electron chi connectivity index (χ2n) is 5.72. The van der Waals surface area contributed by atoms with Gasteiger partial charge in [0.2, 0.25) is 10.0 Å². The van der Waals surface area contributed by atoms with Crippen LogP contribution in [0.1, 0.15) is 29.2 Å². The molecule has 2 aromatic rings. The van der Waals surface area contributed by atoms with E-state index >= 15 is 0 Å². The van der Waals surface area contributed by atoms with Crippen molar-refractivity contribution in [1.29, 1.82) is 0 Å². The summed E-state index contributed by atoms with van der Waals surface area (Å²) >= 11 is 3.41. The van der Waals surface area contributed by atoms with E-state index in [1.807, 2.05) is 55.5 Å². The molecule has 0 amide bonds. The summed E-state index contributed by atoms with van der Waals surface area (Å²) in [5.41, 5.74) is 3.83. The van der Waals surface area contributed by atoms with Crippen LogP contribution < -0.4 is 0 Å². The molecular formula is C17H17BrN2O2S. The van der Waals surface area contributed by atoms with E-state index in [9.17, 15) is 8.42 Å². The van der Waals surface area contributed by atoms with Crippen molar-refractivity contribution in [1.82, 2.24) is 4.41 Å². The highest BCUT2D eigenvalue weighted by Gasteiger charge is 2.34. The molecule has 0 bridgehead atoms. The Bertz CT molecular complexity index is 843. The van der Waals surface area contributed by atoms with Gasteiger partial charge in [0.15, 0.2) is 0 Å². The minimum Gasteiger partial charge on any atom is -0.205 e. The second kappa shape index (κ2) is 6.09. The number of halogens is 1. The third-order valence-corrected chi connectivity index (χ3v) is 5.40. The molecule has 6 heteroatoms. The number of hydrogen-bond acceptors (Lipinski definition) is 3. The maximum Gasteiger partial charge on any atom is 0.247 e. The van der Waals surface area contributed by atoms with Crippen LogP contribution in [0.4, 0.5) is 0 Å². The number of hydrazone groups is 1. The van der Waals surface area contributed by atoms with Crippen molar-refractivity contribution >= 4 is 31.7 Å². The Labute approximate surface area is 145 Å². The molecule has 4 nitrogen and oxygen atoms in total. The molecule has 1 aliphatic rings. The van der Waals surface area contributed by atoms with Crippen molar-refractivity contribution in [2.24, 2.45) is 5.10 Å². The smallest absolute Gasteiger partial charge is 0.205 e. The Morgan fingerprint density at radius 2 is 1.70 bits per heavy atom. The fourth-order valence-corrected chi connectivity index (χ4v) is 3.82. The summed E-state index contributed by atoms with van der Waals surface area (Å²) in [7, 11) is -3.42. The molecular weight excluding hydrogens is 376 g/mol. The molecule has 2 aromatic carbocycles. The van der Waals surface area contributed by atoms with E-state index in [1.54, 1.807) is 0 Å². The lowest BCUT2D eigenvalue weighted by Gasteiger charge is -2.21. The van der Waals surface area contributed by atoms with Crippen molar-refractivity contribution < 1.29 is 8.42 Å². The lowest BCUT2D eigenvalue weighted by atomic mass is 9.98. The van der Waals surface area contributed by atoms with Crippen molar-refractivity contribution in [3.8, 4) is 0 Å². The molecule has 3 rings (SSSR count). The molecule has 0 unspecified atom stereocenters. The molecule has 0 saturated heterocycles. The van der Waals surface area contributed by atoms with Crippen LogP contribution in [0.15, 0.2) is 58.1 Å². The van der Waals surface area contributed by atoms with Gasteiger partial charge >= 0.3 is 0 Å². The van der Waals surface area contributed by atoms with E-state index in [0.29, 0.717) is 6.42 Å². The van der Waals surface area contributed by atoms with Crippen LogP contribution in [0.25, 0.3) is 0 Å². The van der Waals surface area contributed by atoms with Gasteiger partial charge in [0.05, 0.1) is 18.0 Å². The highest BCUT2D eigenvalue weighted by molar-refractivity contribution is 9.10. The van der Waals surface area contributed by atoms with Crippen LogP contribution in [0.2, 0.25) is 0 Å². The molecule has 0 N–H and O–H groups in total. The van der Waals surface area contributed by atoms with Gasteiger partial charge in [-0.2, -0.15) is 9.52 Å². The molecule has 1 heterocycles. The lowest BCUT2D eigenvalue weighted by molar-refractivity contribution is 0.375. The number of nitrogens with zero attached hydrogens (tertiary/aromatic N) is 2. The van der Waals surface area contributed by atoms with Crippen molar-refractivity contribution in [2.45, 2.75) is 19.4 Å². The van der Waals surface area contributed by atoms with E-state index in [-0.39, 0.29) is 6.04 Å². The van der Waals surface area contributed by atoms with Crippen LogP contribution in [-0.2, 0) is 10.0 Å². The van der Waals surface area contributed by atoms with E-state index < -0.39 is 10.0 Å². The largest absolute Gasteiger partial charge is 0.247 e. The third kappa shape index (κ3) is 3.48. The molecule has 1 aliphatic heterocycles. The Balaban J connectivity index is 1.99. The van der Waals surface area contributed by atoms with Gasteiger partial charge in [0.1, 0.15) is 0 Å². The summed E-state index contributed by atoms with van der Waals surface area (Å²) in [4.78, 5) is 0. The summed E-state index contributed by atoms with van der Waals surface area (Å²) in [6.45, 7) is 2.01. The van der Waals surface area contributed by atoms with Crippen LogP contribution in [0, 0.1) is 6.92 Å². The van der Waals surface area contributed by atoms with Gasteiger partial charge in [0, 0.05) is 10.9 Å². The van der Waals surface area contributed by atoms with E-state index in [0.717, 1.165) is 26.9 Å². The summed E-state index contributed by atoms with van der Waals surface area (Å²) in [5, 5.41) is 4.39. The molecule has 23 heavy (non-hydrogen) atoms. The quantitative estimate of drug-likeness (QED) is 0.795. The Kier molecular flexibility index (Phi) is 4.29. The Hall–Kier alpha value is -1.66. The highest BCUT2D eigenvalue weighted by Crippen LogP contribution is 2.34. The number of sulfonamides is 1. The van der Waals surface area contributed by atoms with Crippen LogP contribution in [0.5, 0.6) is 0 Å². The fourth-order valence-electron chi connectivity index (χ4n) is 2.65. The molecule has 0 saturated carbocycles. The lowest BCUT2D eigenvalue weighted by Crippen LogP contribution is -2.25. The van der Waals surface area contributed by atoms with Crippen LogP contribution in [0.3, 0.4) is 0 Å². The monoisotopic (exact) mass is 392 g/mol. The van der Waals surface area contributed by atoms with Crippen LogP contribution >= 0.6 is 15.9 Å². The number of rotatable bonds is 3. The summed E-state index contributed by atoms with van der Waals surface area (Å²) in [5.74, 6) is 0. The molecule has 120 valence electrons. The first-order valence-electron chi connectivity index (χ1n) is 7.24. The summed E-state index contributed by atoms with van der Waals surface area (Å²) < 4.78 is 26.5. The van der Waals surface area contributed by atoms with E-state index in [2.05, 4.69) is 21.0 Å². The number of benzene rings is 2. The van der Waals surface area contributed by atoms with Crippen LogP contribution in [-0.4, -0.2) is 24.8 Å². The minimum atomic E-state index is -3.42. The first-order chi connectivity index (χ1) is 10.8. The Morgan fingerprint density at radius 1 is 1.09 bits per heavy atom. The number of aryl methyl sites for hydroxylation is 1. The zero-order valence-corrected chi connectivity index (χ0v) is 15.3.